The number of anilines is 1. The van der Waals surface area contributed by atoms with Gasteiger partial charge in [-0.15, -0.1) is 0 Å². The molecule has 44 heavy (non-hydrogen) atoms. The molecule has 0 radical (unpaired) electrons. The first-order valence-corrected chi connectivity index (χ1v) is 14.7. The molecule has 9 nitrogen and oxygen atoms in total. The van der Waals surface area contributed by atoms with Crippen molar-refractivity contribution in [3.63, 3.8) is 0 Å². The SMILES string of the molecule is Cn1c(C(=O)O)cc2cc(NC(=O)C(C)(C)NC(=O)c3ccc4c(C5CCCC5)c(-c5ccc(F)cn5)n(C)c4c3)ccc21. The molecule has 3 N–H and O–H groups in total. The van der Waals surface area contributed by atoms with Gasteiger partial charge in [-0.05, 0) is 86.7 Å². The molecule has 10 heteroatoms. The van der Waals surface area contributed by atoms with E-state index < -0.39 is 29.1 Å². The van der Waals surface area contributed by atoms with E-state index in [2.05, 4.69) is 15.6 Å². The van der Waals surface area contributed by atoms with Crippen LogP contribution in [0.3, 0.4) is 0 Å². The summed E-state index contributed by atoms with van der Waals surface area (Å²) in [6, 6.07) is 15.4. The summed E-state index contributed by atoms with van der Waals surface area (Å²) in [4.78, 5) is 42.7. The lowest BCUT2D eigenvalue weighted by molar-refractivity contribution is -0.120. The van der Waals surface area contributed by atoms with Crippen LogP contribution in [0.15, 0.2) is 60.8 Å². The van der Waals surface area contributed by atoms with Gasteiger partial charge in [0, 0.05) is 47.2 Å². The second kappa shape index (κ2) is 10.9. The van der Waals surface area contributed by atoms with Crippen molar-refractivity contribution in [2.45, 2.75) is 51.0 Å². The number of aryl methyl sites for hydroxylation is 2. The molecule has 1 fully saturated rings. The molecule has 0 saturated heterocycles. The number of pyridine rings is 1. The van der Waals surface area contributed by atoms with Gasteiger partial charge >= 0.3 is 5.97 Å². The number of nitrogens with one attached hydrogen (secondary N) is 2. The van der Waals surface area contributed by atoms with Gasteiger partial charge in [0.2, 0.25) is 5.91 Å². The Morgan fingerprint density at radius 1 is 0.955 bits per heavy atom. The number of benzene rings is 2. The second-order valence-corrected chi connectivity index (χ2v) is 12.1. The molecule has 0 spiro atoms. The number of fused-ring (bicyclic) bond motifs is 2. The molecule has 1 aliphatic carbocycles. The highest BCUT2D eigenvalue weighted by Crippen LogP contribution is 2.44. The molecule has 0 bridgehead atoms. The molecule has 0 atom stereocenters. The van der Waals surface area contributed by atoms with Crippen molar-refractivity contribution in [1.29, 1.82) is 0 Å². The molecule has 0 unspecified atom stereocenters. The topological polar surface area (TPSA) is 118 Å². The van der Waals surface area contributed by atoms with E-state index >= 15 is 0 Å². The number of hydrogen-bond acceptors (Lipinski definition) is 4. The van der Waals surface area contributed by atoms with Gasteiger partial charge in [0.1, 0.15) is 17.1 Å². The first-order valence-electron chi connectivity index (χ1n) is 14.7. The fourth-order valence-corrected chi connectivity index (χ4v) is 6.39. The minimum absolute atomic E-state index is 0.141. The van der Waals surface area contributed by atoms with Crippen LogP contribution in [-0.4, -0.2) is 42.5 Å². The van der Waals surface area contributed by atoms with Crippen LogP contribution < -0.4 is 10.6 Å². The molecule has 2 aromatic carbocycles. The predicted octanol–water partition coefficient (Wildman–Crippen LogP) is 6.37. The maximum Gasteiger partial charge on any atom is 0.352 e. The van der Waals surface area contributed by atoms with Gasteiger partial charge < -0.3 is 24.9 Å². The van der Waals surface area contributed by atoms with Gasteiger partial charge in [0.15, 0.2) is 0 Å². The minimum atomic E-state index is -1.27. The van der Waals surface area contributed by atoms with Gasteiger partial charge in [-0.3, -0.25) is 14.6 Å². The molecular formula is C34H34FN5O4. The van der Waals surface area contributed by atoms with Crippen LogP contribution in [0.2, 0.25) is 0 Å². The number of halogens is 1. The Morgan fingerprint density at radius 2 is 1.70 bits per heavy atom. The molecule has 3 aromatic heterocycles. The van der Waals surface area contributed by atoms with E-state index in [1.807, 2.05) is 23.7 Å². The highest BCUT2D eigenvalue weighted by Gasteiger charge is 2.31. The van der Waals surface area contributed by atoms with E-state index in [4.69, 9.17) is 0 Å². The summed E-state index contributed by atoms with van der Waals surface area (Å²) in [6.07, 6.45) is 5.66. The van der Waals surface area contributed by atoms with Crippen LogP contribution in [0.4, 0.5) is 10.1 Å². The average Bonchev–Trinajstić information content (AvgIpc) is 3.70. The van der Waals surface area contributed by atoms with Gasteiger partial charge in [-0.2, -0.15) is 0 Å². The monoisotopic (exact) mass is 595 g/mol. The molecule has 5 aromatic rings. The van der Waals surface area contributed by atoms with Crippen LogP contribution in [-0.2, 0) is 18.9 Å². The number of aromatic carboxylic acids is 1. The number of carboxylic acid groups (broad SMARTS) is 1. The lowest BCUT2D eigenvalue weighted by Crippen LogP contribution is -2.52. The first-order chi connectivity index (χ1) is 20.9. The number of amides is 2. The van der Waals surface area contributed by atoms with E-state index in [-0.39, 0.29) is 5.69 Å². The molecule has 3 heterocycles. The normalized spacial score (nSPS) is 13.9. The Bertz CT molecular complexity index is 1950. The number of hydrogen-bond donors (Lipinski definition) is 3. The number of carbonyl (C=O) groups excluding carboxylic acids is 2. The van der Waals surface area contributed by atoms with Crippen LogP contribution in [0.25, 0.3) is 33.2 Å². The largest absolute Gasteiger partial charge is 0.477 e. The Morgan fingerprint density at radius 3 is 2.39 bits per heavy atom. The smallest absolute Gasteiger partial charge is 0.352 e. The second-order valence-electron chi connectivity index (χ2n) is 12.1. The van der Waals surface area contributed by atoms with E-state index in [1.165, 1.54) is 17.8 Å². The van der Waals surface area contributed by atoms with Crippen molar-refractivity contribution in [2.24, 2.45) is 14.1 Å². The first kappa shape index (κ1) is 29.1. The van der Waals surface area contributed by atoms with Crippen molar-refractivity contribution >= 4 is 45.3 Å². The fraction of sp³-hybridized carbons (Fsp3) is 0.294. The highest BCUT2D eigenvalue weighted by molar-refractivity contribution is 6.06. The average molecular weight is 596 g/mol. The molecule has 1 aliphatic rings. The fourth-order valence-electron chi connectivity index (χ4n) is 6.39. The molecule has 0 aliphatic heterocycles. The Hall–Kier alpha value is -4.99. The zero-order valence-electron chi connectivity index (χ0n) is 25.1. The summed E-state index contributed by atoms with van der Waals surface area (Å²) >= 11 is 0. The number of nitrogens with zero attached hydrogens (tertiary/aromatic N) is 3. The van der Waals surface area contributed by atoms with Crippen molar-refractivity contribution < 1.29 is 23.9 Å². The standard InChI is InChI=1S/C34H34FN5O4/c1-34(2,33(44)37-23-11-14-26-21(15-23)17-28(32(42)43)39(26)3)38-31(41)20-9-12-24-27(16-20)40(4)30(25-13-10-22(35)18-36-25)29(24)19-7-5-6-8-19/h9-19H,5-8H2,1-4H3,(H,37,44)(H,38,41)(H,42,43). The van der Waals surface area contributed by atoms with Gasteiger partial charge in [-0.1, -0.05) is 18.9 Å². The lowest BCUT2D eigenvalue weighted by atomic mass is 9.93. The van der Waals surface area contributed by atoms with Gasteiger partial charge in [0.05, 0.1) is 17.6 Å². The summed E-state index contributed by atoms with van der Waals surface area (Å²) in [6.45, 7) is 3.25. The zero-order valence-corrected chi connectivity index (χ0v) is 25.1. The van der Waals surface area contributed by atoms with Crippen LogP contribution >= 0.6 is 0 Å². The van der Waals surface area contributed by atoms with Crippen LogP contribution in [0.5, 0.6) is 0 Å². The molecule has 1 saturated carbocycles. The molecule has 226 valence electrons. The van der Waals surface area contributed by atoms with E-state index in [9.17, 15) is 23.9 Å². The third-order valence-corrected chi connectivity index (χ3v) is 8.75. The highest BCUT2D eigenvalue weighted by atomic mass is 19.1. The Kier molecular flexibility index (Phi) is 7.23. The quantitative estimate of drug-likeness (QED) is 0.202. The number of aromatic nitrogens is 3. The van der Waals surface area contributed by atoms with E-state index in [0.717, 1.165) is 47.8 Å². The lowest BCUT2D eigenvalue weighted by Gasteiger charge is -2.25. The predicted molar refractivity (Wildman–Crippen MR) is 167 cm³/mol. The minimum Gasteiger partial charge on any atom is -0.477 e. The molecule has 2 amide bonds. The van der Waals surface area contributed by atoms with Crippen LogP contribution in [0.1, 0.15) is 71.9 Å². The van der Waals surface area contributed by atoms with Crippen LogP contribution in [0, 0.1) is 5.82 Å². The Labute approximate surface area is 253 Å². The third kappa shape index (κ3) is 5.10. The maximum absolute atomic E-state index is 13.7. The van der Waals surface area contributed by atoms with E-state index in [1.54, 1.807) is 61.9 Å². The summed E-state index contributed by atoms with van der Waals surface area (Å²) in [5.74, 6) is -1.90. The summed E-state index contributed by atoms with van der Waals surface area (Å²) in [7, 11) is 3.61. The summed E-state index contributed by atoms with van der Waals surface area (Å²) < 4.78 is 17.3. The van der Waals surface area contributed by atoms with E-state index in [0.29, 0.717) is 28.2 Å². The molecular weight excluding hydrogens is 561 g/mol. The number of carbonyl (C=O) groups is 3. The molecule has 6 rings (SSSR count). The van der Waals surface area contributed by atoms with Crippen molar-refractivity contribution in [2.75, 3.05) is 5.32 Å². The maximum atomic E-state index is 13.7. The zero-order chi connectivity index (χ0) is 31.3. The van der Waals surface area contributed by atoms with Crippen molar-refractivity contribution in [3.05, 3.63) is 83.4 Å². The number of rotatable bonds is 7. The number of carboxylic acids is 1. The van der Waals surface area contributed by atoms with Gasteiger partial charge in [-0.25, -0.2) is 9.18 Å². The van der Waals surface area contributed by atoms with Crippen molar-refractivity contribution in [3.8, 4) is 11.4 Å². The summed E-state index contributed by atoms with van der Waals surface area (Å²) in [5.41, 5.74) is 4.13. The Balaban J connectivity index is 1.26. The van der Waals surface area contributed by atoms with Gasteiger partial charge in [0.25, 0.3) is 5.91 Å². The third-order valence-electron chi connectivity index (χ3n) is 8.75. The van der Waals surface area contributed by atoms with Crippen molar-refractivity contribution in [1.82, 2.24) is 19.4 Å². The summed E-state index contributed by atoms with van der Waals surface area (Å²) in [5, 5.41) is 16.8.